The maximum Gasteiger partial charge on any atom is 0.191 e. The van der Waals surface area contributed by atoms with Gasteiger partial charge in [0.1, 0.15) is 11.5 Å². The molecule has 1 unspecified atom stereocenters. The minimum Gasteiger partial charge on any atom is -0.497 e. The standard InChI is InChI=1S/C22H39N5O2/c1-16(2)27(17(3)4)11-9-24-22(23-5)25-18-8-10-26(15-18)19-12-20(28-6)14-21(13-19)29-7/h12-14,16-18H,8-11,15H2,1-7H3,(H2,23,24,25). The topological polar surface area (TPSA) is 61.4 Å². The summed E-state index contributed by atoms with van der Waals surface area (Å²) in [5.74, 6) is 2.49. The number of methoxy groups -OCH3 is 2. The van der Waals surface area contributed by atoms with Crippen LogP contribution in [-0.4, -0.2) is 76.4 Å². The highest BCUT2D eigenvalue weighted by atomic mass is 16.5. The van der Waals surface area contributed by atoms with E-state index in [0.717, 1.165) is 55.7 Å². The Morgan fingerprint density at radius 2 is 1.76 bits per heavy atom. The summed E-state index contributed by atoms with van der Waals surface area (Å²) in [6.45, 7) is 12.7. The number of ether oxygens (including phenoxy) is 2. The van der Waals surface area contributed by atoms with Gasteiger partial charge in [0.05, 0.1) is 14.2 Å². The van der Waals surface area contributed by atoms with Crippen molar-refractivity contribution in [2.45, 2.75) is 52.2 Å². The zero-order valence-corrected chi connectivity index (χ0v) is 19.2. The minimum atomic E-state index is 0.352. The third-order valence-electron chi connectivity index (χ3n) is 5.44. The average molecular weight is 406 g/mol. The highest BCUT2D eigenvalue weighted by molar-refractivity contribution is 5.80. The van der Waals surface area contributed by atoms with Gasteiger partial charge in [-0.3, -0.25) is 9.89 Å². The van der Waals surface area contributed by atoms with E-state index < -0.39 is 0 Å². The molecule has 0 aliphatic carbocycles. The number of rotatable bonds is 9. The van der Waals surface area contributed by atoms with E-state index in [0.29, 0.717) is 18.1 Å². The molecule has 1 aromatic rings. The van der Waals surface area contributed by atoms with E-state index in [-0.39, 0.29) is 0 Å². The first-order chi connectivity index (χ1) is 13.9. The van der Waals surface area contributed by atoms with E-state index in [1.54, 1.807) is 14.2 Å². The van der Waals surface area contributed by atoms with Gasteiger partial charge in [-0.15, -0.1) is 0 Å². The third-order valence-corrected chi connectivity index (χ3v) is 5.44. The van der Waals surface area contributed by atoms with Gasteiger partial charge in [-0.2, -0.15) is 0 Å². The maximum atomic E-state index is 5.41. The first kappa shape index (κ1) is 23.1. The fourth-order valence-corrected chi connectivity index (χ4v) is 3.89. The summed E-state index contributed by atoms with van der Waals surface area (Å²) in [7, 11) is 5.20. The van der Waals surface area contributed by atoms with Crippen LogP contribution in [0, 0.1) is 0 Å². The van der Waals surface area contributed by atoms with Crippen molar-refractivity contribution in [1.82, 2.24) is 15.5 Å². The van der Waals surface area contributed by atoms with E-state index >= 15 is 0 Å². The Hall–Kier alpha value is -2.15. The molecule has 29 heavy (non-hydrogen) atoms. The normalized spacial score (nSPS) is 17.4. The van der Waals surface area contributed by atoms with E-state index in [1.165, 1.54) is 0 Å². The molecule has 7 nitrogen and oxygen atoms in total. The Balaban J connectivity index is 1.88. The predicted molar refractivity (Wildman–Crippen MR) is 122 cm³/mol. The molecule has 2 rings (SSSR count). The van der Waals surface area contributed by atoms with Crippen LogP contribution in [0.4, 0.5) is 5.69 Å². The first-order valence-electron chi connectivity index (χ1n) is 10.6. The Bertz CT molecular complexity index is 632. The van der Waals surface area contributed by atoms with Crippen LogP contribution >= 0.6 is 0 Å². The summed E-state index contributed by atoms with van der Waals surface area (Å²) >= 11 is 0. The molecule has 0 amide bonds. The van der Waals surface area contributed by atoms with Crippen LogP contribution in [0.2, 0.25) is 0 Å². The largest absolute Gasteiger partial charge is 0.497 e. The molecular formula is C22H39N5O2. The number of nitrogens with one attached hydrogen (secondary N) is 2. The van der Waals surface area contributed by atoms with Crippen LogP contribution in [-0.2, 0) is 0 Å². The number of aliphatic imine (C=N–C) groups is 1. The van der Waals surface area contributed by atoms with Gasteiger partial charge in [0, 0.05) is 75.2 Å². The van der Waals surface area contributed by atoms with Gasteiger partial charge >= 0.3 is 0 Å². The summed E-state index contributed by atoms with van der Waals surface area (Å²) in [6, 6.07) is 7.45. The molecule has 1 atom stereocenters. The van der Waals surface area contributed by atoms with Crippen LogP contribution in [0.5, 0.6) is 11.5 Å². The second kappa shape index (κ2) is 11.1. The fourth-order valence-electron chi connectivity index (χ4n) is 3.89. The van der Waals surface area contributed by atoms with E-state index in [2.05, 4.69) is 65.3 Å². The van der Waals surface area contributed by atoms with Gasteiger partial charge in [-0.25, -0.2) is 0 Å². The molecule has 1 heterocycles. The highest BCUT2D eigenvalue weighted by Gasteiger charge is 2.24. The molecule has 2 N–H and O–H groups in total. The van der Waals surface area contributed by atoms with Crippen LogP contribution in [0.1, 0.15) is 34.1 Å². The molecule has 1 aliphatic rings. The van der Waals surface area contributed by atoms with Crippen molar-refractivity contribution in [2.24, 2.45) is 4.99 Å². The lowest BCUT2D eigenvalue weighted by Gasteiger charge is -2.30. The van der Waals surface area contributed by atoms with Crippen LogP contribution in [0.25, 0.3) is 0 Å². The minimum absolute atomic E-state index is 0.352. The predicted octanol–water partition coefficient (Wildman–Crippen LogP) is 2.57. The number of benzene rings is 1. The van der Waals surface area contributed by atoms with Crippen molar-refractivity contribution in [3.8, 4) is 11.5 Å². The summed E-state index contributed by atoms with van der Waals surface area (Å²) in [4.78, 5) is 9.24. The van der Waals surface area contributed by atoms with Crippen molar-refractivity contribution in [1.29, 1.82) is 0 Å². The summed E-state index contributed by atoms with van der Waals surface area (Å²) in [6.07, 6.45) is 1.06. The highest BCUT2D eigenvalue weighted by Crippen LogP contribution is 2.30. The zero-order valence-electron chi connectivity index (χ0n) is 19.2. The number of anilines is 1. The smallest absolute Gasteiger partial charge is 0.191 e. The Kier molecular flexibility index (Phi) is 8.89. The van der Waals surface area contributed by atoms with E-state index in [9.17, 15) is 0 Å². The molecule has 0 spiro atoms. The number of hydrogen-bond donors (Lipinski definition) is 2. The van der Waals surface area contributed by atoms with Crippen molar-refractivity contribution in [2.75, 3.05) is 52.3 Å². The second-order valence-corrected chi connectivity index (χ2v) is 8.07. The zero-order chi connectivity index (χ0) is 21.4. The van der Waals surface area contributed by atoms with Gasteiger partial charge in [-0.1, -0.05) is 0 Å². The summed E-state index contributed by atoms with van der Waals surface area (Å²) in [5, 5.41) is 7.04. The third kappa shape index (κ3) is 6.70. The van der Waals surface area contributed by atoms with Crippen molar-refractivity contribution in [3.05, 3.63) is 18.2 Å². The van der Waals surface area contributed by atoms with Crippen molar-refractivity contribution < 1.29 is 9.47 Å². The molecule has 1 aromatic carbocycles. The van der Waals surface area contributed by atoms with Crippen LogP contribution in [0.15, 0.2) is 23.2 Å². The summed E-state index contributed by atoms with van der Waals surface area (Å²) in [5.41, 5.74) is 1.12. The maximum absolute atomic E-state index is 5.41. The Morgan fingerprint density at radius 3 is 2.28 bits per heavy atom. The summed E-state index contributed by atoms with van der Waals surface area (Å²) < 4.78 is 10.8. The monoisotopic (exact) mass is 405 g/mol. The van der Waals surface area contributed by atoms with Gasteiger partial charge < -0.3 is 25.0 Å². The lowest BCUT2D eigenvalue weighted by molar-refractivity contribution is 0.178. The Morgan fingerprint density at radius 1 is 1.14 bits per heavy atom. The molecule has 1 fully saturated rings. The molecule has 0 bridgehead atoms. The lowest BCUT2D eigenvalue weighted by atomic mass is 10.2. The van der Waals surface area contributed by atoms with Gasteiger partial charge in [0.25, 0.3) is 0 Å². The van der Waals surface area contributed by atoms with E-state index in [4.69, 9.17) is 9.47 Å². The van der Waals surface area contributed by atoms with Crippen LogP contribution < -0.4 is 25.0 Å². The second-order valence-electron chi connectivity index (χ2n) is 8.07. The molecular weight excluding hydrogens is 366 g/mol. The molecule has 0 aromatic heterocycles. The molecule has 164 valence electrons. The molecule has 1 saturated heterocycles. The van der Waals surface area contributed by atoms with E-state index in [1.807, 2.05) is 13.1 Å². The number of hydrogen-bond acceptors (Lipinski definition) is 5. The Labute approximate surface area is 176 Å². The number of nitrogens with zero attached hydrogens (tertiary/aromatic N) is 3. The fraction of sp³-hybridized carbons (Fsp3) is 0.682. The molecule has 0 radical (unpaired) electrons. The van der Waals surface area contributed by atoms with Gasteiger partial charge in [0.2, 0.25) is 0 Å². The average Bonchev–Trinajstić information content (AvgIpc) is 3.17. The van der Waals surface area contributed by atoms with Crippen LogP contribution in [0.3, 0.4) is 0 Å². The van der Waals surface area contributed by atoms with Crippen molar-refractivity contribution in [3.63, 3.8) is 0 Å². The SMILES string of the molecule is CN=C(NCCN(C(C)C)C(C)C)NC1CCN(c2cc(OC)cc(OC)c2)C1. The quantitative estimate of drug-likeness (QED) is 0.486. The van der Waals surface area contributed by atoms with Gasteiger partial charge in [0.15, 0.2) is 5.96 Å². The number of guanidine groups is 1. The lowest BCUT2D eigenvalue weighted by Crippen LogP contribution is -2.48. The van der Waals surface area contributed by atoms with Gasteiger partial charge in [-0.05, 0) is 34.1 Å². The molecule has 1 aliphatic heterocycles. The first-order valence-corrected chi connectivity index (χ1v) is 10.6. The molecule has 0 saturated carbocycles. The molecule has 7 heteroatoms. The van der Waals surface area contributed by atoms with Crippen molar-refractivity contribution >= 4 is 11.6 Å².